The van der Waals surface area contributed by atoms with E-state index in [4.69, 9.17) is 0 Å². The van der Waals surface area contributed by atoms with Gasteiger partial charge in [0.25, 0.3) is 0 Å². The zero-order valence-electron chi connectivity index (χ0n) is 48.6. The van der Waals surface area contributed by atoms with Gasteiger partial charge in [-0.15, -0.1) is 0 Å². The number of hydrogen-bond donors (Lipinski definition) is 2. The van der Waals surface area contributed by atoms with Crippen molar-refractivity contribution in [2.45, 2.75) is 6.92 Å². The number of halogens is 1. The van der Waals surface area contributed by atoms with E-state index in [1.54, 1.807) is 19.1 Å². The second kappa shape index (κ2) is 24.3. The molecule has 0 radical (unpaired) electrons. The van der Waals surface area contributed by atoms with Gasteiger partial charge < -0.3 is 10.0 Å². The predicted octanol–water partition coefficient (Wildman–Crippen LogP) is 21.1. The minimum atomic E-state index is -1.46. The van der Waals surface area contributed by atoms with Gasteiger partial charge in [-0.3, -0.25) is 9.59 Å². The number of hydrogen-bond acceptors (Lipinski definition) is 4. The first-order chi connectivity index (χ1) is 43.8. The van der Waals surface area contributed by atoms with Gasteiger partial charge in [0.2, 0.25) is 0 Å². The lowest BCUT2D eigenvalue weighted by molar-refractivity contribution is 0.102. The minimum Gasteiger partial charge on any atom is -0.423 e. The van der Waals surface area contributed by atoms with Gasteiger partial charge in [0, 0.05) is 15.6 Å². The van der Waals surface area contributed by atoms with Crippen LogP contribution in [0.3, 0.4) is 0 Å². The standard InChI is InChI=1S/C42H28O.C26H19BO2.C15H9BrO/c1-27(43)39-31-15-5-7-17-33(31)41(34-18-8-6-16-32(34)39)29-23-25-30(26-24-29)42-37-21-11-9-19-35(37)40(28-13-3-2-4-14-28)36-20-10-12-22-38(36)42;28-27(29)20-16-14-19(15-17-20)26-23-12-6-4-10-21(23)25(18-8-2-1-3-9-18)22-11-5-7-13-24(22)26;16-15-12-7-3-1-5-10(12)14(9-17)11-6-2-4-8-13(11)15/h2-26H,1H3;1-17,28-29H;1-9H. The molecule has 0 fully saturated rings. The molecule has 0 amide bonds. The fraction of sp³-hybridized carbons (Fsp3) is 0.0120. The SMILES string of the molecule is CC(=O)c1c2ccccc2c(-c2ccc(-c3c4ccccc4c(-c4ccccc4)c4ccccc34)cc2)c2ccccc12.O=Cc1c2ccccc2c(Br)c2ccccc12.OB(O)c1ccc(-c2c3ccccc3c(-c3ccccc3)c3ccccc23)cc1. The zero-order chi connectivity index (χ0) is 60.5. The summed E-state index contributed by atoms with van der Waals surface area (Å²) in [6, 6.07) is 105. The second-order valence-corrected chi connectivity index (χ2v) is 23.1. The van der Waals surface area contributed by atoms with Crippen molar-refractivity contribution >= 4 is 127 Å². The third-order valence-corrected chi connectivity index (χ3v) is 18.1. The lowest BCUT2D eigenvalue weighted by Gasteiger charge is -2.18. The molecular formula is C83H56BBrO4. The maximum atomic E-state index is 12.9. The molecule has 16 rings (SSSR count). The molecule has 2 N–H and O–H groups in total. The monoisotopic (exact) mass is 1210 g/mol. The van der Waals surface area contributed by atoms with Gasteiger partial charge >= 0.3 is 7.12 Å². The largest absolute Gasteiger partial charge is 0.488 e. The number of carbonyl (C=O) groups excluding carboxylic acids is 2. The molecule has 4 nitrogen and oxygen atoms in total. The summed E-state index contributed by atoms with van der Waals surface area (Å²) in [6.07, 6.45) is 0.942. The van der Waals surface area contributed by atoms with Gasteiger partial charge in [0.15, 0.2) is 12.1 Å². The maximum absolute atomic E-state index is 12.9. The first-order valence-electron chi connectivity index (χ1n) is 29.8. The number of rotatable bonds is 8. The van der Waals surface area contributed by atoms with Crippen LogP contribution in [0.2, 0.25) is 0 Å². The van der Waals surface area contributed by atoms with Crippen LogP contribution < -0.4 is 5.46 Å². The van der Waals surface area contributed by atoms with Crippen molar-refractivity contribution in [2.24, 2.45) is 0 Å². The molecule has 0 bridgehead atoms. The van der Waals surface area contributed by atoms with Crippen LogP contribution in [0.25, 0.3) is 142 Å². The van der Waals surface area contributed by atoms with Crippen LogP contribution in [0.4, 0.5) is 0 Å². The Morgan fingerprint density at radius 1 is 0.292 bits per heavy atom. The highest BCUT2D eigenvalue weighted by atomic mass is 79.9. The summed E-state index contributed by atoms with van der Waals surface area (Å²) >= 11 is 3.63. The summed E-state index contributed by atoms with van der Waals surface area (Å²) in [5, 5.41) is 37.0. The molecule has 0 aliphatic rings. The highest BCUT2D eigenvalue weighted by molar-refractivity contribution is 9.10. The van der Waals surface area contributed by atoms with Crippen LogP contribution in [0.5, 0.6) is 0 Å². The summed E-state index contributed by atoms with van der Waals surface area (Å²) in [5.41, 5.74) is 13.9. The Balaban J connectivity index is 0.000000129. The molecule has 0 unspecified atom stereocenters. The summed E-state index contributed by atoms with van der Waals surface area (Å²) < 4.78 is 1.05. The number of fused-ring (bicyclic) bond motifs is 8. The molecule has 89 heavy (non-hydrogen) atoms. The number of carbonyl (C=O) groups is 2. The second-order valence-electron chi connectivity index (χ2n) is 22.3. The summed E-state index contributed by atoms with van der Waals surface area (Å²) in [7, 11) is -1.46. The van der Waals surface area contributed by atoms with E-state index in [0.717, 1.165) is 87.2 Å². The van der Waals surface area contributed by atoms with E-state index >= 15 is 0 Å². The van der Waals surface area contributed by atoms with E-state index < -0.39 is 7.12 Å². The minimum absolute atomic E-state index is 0.0898. The molecular weight excluding hydrogens is 1150 g/mol. The molecule has 0 heterocycles. The topological polar surface area (TPSA) is 74.6 Å². The fourth-order valence-corrected chi connectivity index (χ4v) is 14.1. The summed E-state index contributed by atoms with van der Waals surface area (Å²) in [4.78, 5) is 24.2. The number of aldehydes is 1. The molecule has 0 aliphatic heterocycles. The Labute approximate surface area is 524 Å². The van der Waals surface area contributed by atoms with Gasteiger partial charge in [0.05, 0.1) is 0 Å². The molecule has 0 spiro atoms. The van der Waals surface area contributed by atoms with Crippen molar-refractivity contribution in [3.8, 4) is 55.6 Å². The molecule has 422 valence electrons. The number of Topliss-reactive ketones (excluding diaryl/α,β-unsaturated/α-hetero) is 1. The third kappa shape index (κ3) is 10.2. The van der Waals surface area contributed by atoms with Crippen LogP contribution in [-0.2, 0) is 0 Å². The van der Waals surface area contributed by atoms with Gasteiger partial charge in [0.1, 0.15) is 0 Å². The fourth-order valence-electron chi connectivity index (χ4n) is 13.4. The summed E-state index contributed by atoms with van der Waals surface area (Å²) in [5.74, 6) is 0.0898. The van der Waals surface area contributed by atoms with E-state index in [-0.39, 0.29) is 5.78 Å². The molecule has 16 aromatic carbocycles. The molecule has 16 aromatic rings. The van der Waals surface area contributed by atoms with Crippen LogP contribution in [0, 0.1) is 0 Å². The van der Waals surface area contributed by atoms with Crippen molar-refractivity contribution in [1.29, 1.82) is 0 Å². The van der Waals surface area contributed by atoms with Gasteiger partial charge in [-0.2, -0.15) is 0 Å². The van der Waals surface area contributed by atoms with Crippen molar-refractivity contribution in [2.75, 3.05) is 0 Å². The van der Waals surface area contributed by atoms with E-state index in [1.807, 2.05) is 78.9 Å². The molecule has 6 heteroatoms. The lowest BCUT2D eigenvalue weighted by Crippen LogP contribution is -2.29. The van der Waals surface area contributed by atoms with E-state index in [9.17, 15) is 19.6 Å². The van der Waals surface area contributed by atoms with Crippen LogP contribution >= 0.6 is 15.9 Å². The van der Waals surface area contributed by atoms with Crippen molar-refractivity contribution in [3.05, 3.63) is 319 Å². The Morgan fingerprint density at radius 3 is 0.764 bits per heavy atom. The van der Waals surface area contributed by atoms with E-state index in [1.165, 1.54) is 76.5 Å². The Bertz CT molecular complexity index is 5170. The van der Waals surface area contributed by atoms with Crippen molar-refractivity contribution < 1.29 is 19.6 Å². The highest BCUT2D eigenvalue weighted by Crippen LogP contribution is 2.47. The normalized spacial score (nSPS) is 11.2. The van der Waals surface area contributed by atoms with Crippen LogP contribution in [0.1, 0.15) is 27.6 Å². The quantitative estimate of drug-likeness (QED) is 0.0688. The van der Waals surface area contributed by atoms with Crippen molar-refractivity contribution in [1.82, 2.24) is 0 Å². The first kappa shape index (κ1) is 56.2. The number of ketones is 1. The predicted molar refractivity (Wildman–Crippen MR) is 379 cm³/mol. The highest BCUT2D eigenvalue weighted by Gasteiger charge is 2.21. The maximum Gasteiger partial charge on any atom is 0.488 e. The Hall–Kier alpha value is -10.6. The van der Waals surface area contributed by atoms with Gasteiger partial charge in [-0.1, -0.05) is 303 Å². The molecule has 0 aliphatic carbocycles. The van der Waals surface area contributed by atoms with Crippen molar-refractivity contribution in [3.63, 3.8) is 0 Å². The Kier molecular flexibility index (Phi) is 15.3. The molecule has 0 saturated heterocycles. The average Bonchev–Trinajstić information content (AvgIpc) is 1.34. The molecule has 0 aromatic heterocycles. The Morgan fingerprint density at radius 2 is 0.506 bits per heavy atom. The summed E-state index contributed by atoms with van der Waals surface area (Å²) in [6.45, 7) is 1.67. The van der Waals surface area contributed by atoms with E-state index in [2.05, 4.69) is 228 Å². The lowest BCUT2D eigenvalue weighted by atomic mass is 9.79. The first-order valence-corrected chi connectivity index (χ1v) is 30.6. The molecule has 0 atom stereocenters. The van der Waals surface area contributed by atoms with Crippen LogP contribution in [-0.4, -0.2) is 29.2 Å². The van der Waals surface area contributed by atoms with Gasteiger partial charge in [-0.25, -0.2) is 0 Å². The van der Waals surface area contributed by atoms with Crippen LogP contribution in [0.15, 0.2) is 308 Å². The number of benzene rings is 16. The van der Waals surface area contributed by atoms with Gasteiger partial charge in [-0.05, 0) is 170 Å². The molecule has 0 saturated carbocycles. The zero-order valence-corrected chi connectivity index (χ0v) is 50.2. The smallest absolute Gasteiger partial charge is 0.423 e. The third-order valence-electron chi connectivity index (χ3n) is 17.3. The average molecular weight is 1210 g/mol. The van der Waals surface area contributed by atoms with E-state index in [0.29, 0.717) is 5.46 Å².